The molecule has 0 nitrogen and oxygen atoms in total. The molecule has 13 heavy (non-hydrogen) atoms. The Bertz CT molecular complexity index is 563. The minimum absolute atomic E-state index is 1.33. The van der Waals surface area contributed by atoms with Crippen LogP contribution in [0.1, 0.15) is 0 Å². The summed E-state index contributed by atoms with van der Waals surface area (Å²) in [6, 6.07) is 15.1. The summed E-state index contributed by atoms with van der Waals surface area (Å²) >= 11 is 1.82. The summed E-state index contributed by atoms with van der Waals surface area (Å²) in [6.45, 7) is 0. The summed E-state index contributed by atoms with van der Waals surface area (Å²) in [6.07, 6.45) is 0. The third-order valence-corrected chi connectivity index (χ3v) is 3.31. The highest BCUT2D eigenvalue weighted by molar-refractivity contribution is 7.18. The molecule has 1 aromatic heterocycles. The molecule has 0 bridgehead atoms. The van der Waals surface area contributed by atoms with E-state index in [0.717, 1.165) is 0 Å². The van der Waals surface area contributed by atoms with E-state index in [2.05, 4.69) is 47.8 Å². The minimum atomic E-state index is 1.33. The third-order valence-electron chi connectivity index (χ3n) is 2.34. The lowest BCUT2D eigenvalue weighted by Crippen LogP contribution is -1.70. The van der Waals surface area contributed by atoms with E-state index in [4.69, 9.17) is 0 Å². The SMILES string of the molecule is c1ccc2c(c1)ccc1ccsc12. The molecule has 0 aliphatic heterocycles. The maximum absolute atomic E-state index is 2.19. The molecule has 0 fully saturated rings. The third kappa shape index (κ3) is 0.973. The molecule has 62 valence electrons. The lowest BCUT2D eigenvalue weighted by molar-refractivity contribution is 1.82. The van der Waals surface area contributed by atoms with Crippen LogP contribution < -0.4 is 0 Å². The van der Waals surface area contributed by atoms with E-state index in [-0.39, 0.29) is 0 Å². The quantitative estimate of drug-likeness (QED) is 0.494. The number of rotatable bonds is 0. The van der Waals surface area contributed by atoms with Gasteiger partial charge in [-0.15, -0.1) is 11.3 Å². The van der Waals surface area contributed by atoms with Crippen LogP contribution in [0.4, 0.5) is 0 Å². The van der Waals surface area contributed by atoms with E-state index in [1.165, 1.54) is 20.9 Å². The van der Waals surface area contributed by atoms with Gasteiger partial charge in [-0.25, -0.2) is 0 Å². The lowest BCUT2D eigenvalue weighted by Gasteiger charge is -1.97. The Balaban J connectivity index is 2.65. The molecule has 0 N–H and O–H groups in total. The second-order valence-corrected chi connectivity index (χ2v) is 4.04. The monoisotopic (exact) mass is 184 g/mol. The number of thiophene rings is 1. The van der Waals surface area contributed by atoms with Gasteiger partial charge in [0.05, 0.1) is 0 Å². The average molecular weight is 184 g/mol. The van der Waals surface area contributed by atoms with Crippen LogP contribution in [0.15, 0.2) is 47.8 Å². The van der Waals surface area contributed by atoms with Gasteiger partial charge >= 0.3 is 0 Å². The van der Waals surface area contributed by atoms with Crippen molar-refractivity contribution in [2.75, 3.05) is 0 Å². The van der Waals surface area contributed by atoms with Crippen LogP contribution in [0, 0.1) is 0 Å². The molecule has 0 amide bonds. The van der Waals surface area contributed by atoms with Crippen LogP contribution >= 0.6 is 11.3 Å². The van der Waals surface area contributed by atoms with Crippen LogP contribution in [-0.4, -0.2) is 0 Å². The predicted molar refractivity (Wildman–Crippen MR) is 59.3 cm³/mol. The van der Waals surface area contributed by atoms with Gasteiger partial charge in [-0.05, 0) is 27.6 Å². The summed E-state index contributed by atoms with van der Waals surface area (Å²) < 4.78 is 1.40. The summed E-state index contributed by atoms with van der Waals surface area (Å²) in [4.78, 5) is 0. The molecule has 0 saturated heterocycles. The molecule has 1 heterocycles. The molecule has 0 aliphatic carbocycles. The molecule has 2 aromatic carbocycles. The van der Waals surface area contributed by atoms with Gasteiger partial charge in [0.1, 0.15) is 0 Å². The molecule has 1 heteroatoms. The fourth-order valence-electron chi connectivity index (χ4n) is 1.70. The zero-order valence-corrected chi connectivity index (χ0v) is 7.84. The minimum Gasteiger partial charge on any atom is -0.143 e. The molecule has 0 atom stereocenters. The number of hydrogen-bond acceptors (Lipinski definition) is 1. The molecule has 0 saturated carbocycles. The Labute approximate surface area is 80.4 Å². The van der Waals surface area contributed by atoms with Crippen molar-refractivity contribution in [3.05, 3.63) is 47.8 Å². The van der Waals surface area contributed by atoms with Crippen LogP contribution in [-0.2, 0) is 0 Å². The van der Waals surface area contributed by atoms with Crippen molar-refractivity contribution in [3.63, 3.8) is 0 Å². The highest BCUT2D eigenvalue weighted by Crippen LogP contribution is 2.29. The van der Waals surface area contributed by atoms with E-state index >= 15 is 0 Å². The first-order valence-electron chi connectivity index (χ1n) is 4.30. The van der Waals surface area contributed by atoms with E-state index < -0.39 is 0 Å². The first-order valence-corrected chi connectivity index (χ1v) is 5.18. The molecular formula is C12H8S. The van der Waals surface area contributed by atoms with Gasteiger partial charge in [0, 0.05) is 4.70 Å². The van der Waals surface area contributed by atoms with Crippen LogP contribution in [0.25, 0.3) is 20.9 Å². The van der Waals surface area contributed by atoms with E-state index in [1.807, 2.05) is 11.3 Å². The van der Waals surface area contributed by atoms with Gasteiger partial charge in [-0.3, -0.25) is 0 Å². The molecule has 3 aromatic rings. The smallest absolute Gasteiger partial charge is 0.0421 e. The van der Waals surface area contributed by atoms with Crippen LogP contribution in [0.3, 0.4) is 0 Å². The van der Waals surface area contributed by atoms with Gasteiger partial charge in [0.2, 0.25) is 0 Å². The molecule has 3 rings (SSSR count). The first kappa shape index (κ1) is 7.10. The summed E-state index contributed by atoms with van der Waals surface area (Å²) in [5.74, 6) is 0. The van der Waals surface area contributed by atoms with E-state index in [0.29, 0.717) is 0 Å². The Morgan fingerprint density at radius 2 is 1.62 bits per heavy atom. The molecule has 0 aliphatic rings. The van der Waals surface area contributed by atoms with Gasteiger partial charge in [-0.1, -0.05) is 36.4 Å². The van der Waals surface area contributed by atoms with Crippen molar-refractivity contribution in [2.24, 2.45) is 0 Å². The standard InChI is InChI=1S/C12H8S/c1-2-4-11-9(3-1)5-6-10-7-8-13-12(10)11/h1-8H. The summed E-state index contributed by atoms with van der Waals surface area (Å²) in [5.41, 5.74) is 0. The number of benzene rings is 2. The van der Waals surface area contributed by atoms with Crippen molar-refractivity contribution in [3.8, 4) is 0 Å². The second-order valence-electron chi connectivity index (χ2n) is 3.13. The first-order chi connectivity index (χ1) is 6.45. The number of hydrogen-bond donors (Lipinski definition) is 0. The topological polar surface area (TPSA) is 0 Å². The highest BCUT2D eigenvalue weighted by Gasteiger charge is 1.99. The lowest BCUT2D eigenvalue weighted by atomic mass is 10.1. The van der Waals surface area contributed by atoms with Crippen molar-refractivity contribution < 1.29 is 0 Å². The van der Waals surface area contributed by atoms with Crippen LogP contribution in [0.2, 0.25) is 0 Å². The molecule has 0 spiro atoms. The largest absolute Gasteiger partial charge is 0.143 e. The normalized spacial score (nSPS) is 11.1. The summed E-state index contributed by atoms with van der Waals surface area (Å²) in [5, 5.41) is 6.20. The maximum atomic E-state index is 2.19. The Morgan fingerprint density at radius 1 is 0.769 bits per heavy atom. The number of fused-ring (bicyclic) bond motifs is 3. The fourth-order valence-corrected chi connectivity index (χ4v) is 2.63. The Morgan fingerprint density at radius 3 is 2.62 bits per heavy atom. The average Bonchev–Trinajstić information content (AvgIpc) is 2.65. The van der Waals surface area contributed by atoms with Gasteiger partial charge < -0.3 is 0 Å². The molecule has 0 unspecified atom stereocenters. The summed E-state index contributed by atoms with van der Waals surface area (Å²) in [7, 11) is 0. The van der Waals surface area contributed by atoms with Gasteiger partial charge in [-0.2, -0.15) is 0 Å². The van der Waals surface area contributed by atoms with Gasteiger partial charge in [0.15, 0.2) is 0 Å². The second kappa shape index (κ2) is 2.57. The van der Waals surface area contributed by atoms with E-state index in [9.17, 15) is 0 Å². The van der Waals surface area contributed by atoms with Crippen molar-refractivity contribution >= 4 is 32.2 Å². The Hall–Kier alpha value is -1.34. The van der Waals surface area contributed by atoms with Crippen molar-refractivity contribution in [1.82, 2.24) is 0 Å². The maximum Gasteiger partial charge on any atom is 0.0421 e. The van der Waals surface area contributed by atoms with Crippen LogP contribution in [0.5, 0.6) is 0 Å². The zero-order chi connectivity index (χ0) is 8.67. The zero-order valence-electron chi connectivity index (χ0n) is 7.03. The van der Waals surface area contributed by atoms with Gasteiger partial charge in [0.25, 0.3) is 0 Å². The van der Waals surface area contributed by atoms with Crippen molar-refractivity contribution in [1.29, 1.82) is 0 Å². The fraction of sp³-hybridized carbons (Fsp3) is 0. The predicted octanol–water partition coefficient (Wildman–Crippen LogP) is 4.05. The van der Waals surface area contributed by atoms with E-state index in [1.54, 1.807) is 0 Å². The molecular weight excluding hydrogens is 176 g/mol. The Kier molecular flexibility index (Phi) is 1.41. The van der Waals surface area contributed by atoms with Crippen molar-refractivity contribution in [2.45, 2.75) is 0 Å². The molecule has 0 radical (unpaired) electrons. The highest BCUT2D eigenvalue weighted by atomic mass is 32.1.